The quantitative estimate of drug-likeness (QED) is 0.605. The van der Waals surface area contributed by atoms with Gasteiger partial charge in [0.2, 0.25) is 5.91 Å². The predicted molar refractivity (Wildman–Crippen MR) is 56.7 cm³/mol. The summed E-state index contributed by atoms with van der Waals surface area (Å²) >= 11 is 0. The van der Waals surface area contributed by atoms with Crippen LogP contribution in [0, 0.1) is 16.7 Å². The zero-order valence-electron chi connectivity index (χ0n) is 9.50. The summed E-state index contributed by atoms with van der Waals surface area (Å²) in [6.07, 6.45) is -1.06. The molecule has 2 aliphatic heterocycles. The van der Waals surface area contributed by atoms with E-state index in [1.54, 1.807) is 0 Å². The van der Waals surface area contributed by atoms with Crippen molar-refractivity contribution in [3.05, 3.63) is 0 Å². The van der Waals surface area contributed by atoms with Gasteiger partial charge in [0.1, 0.15) is 5.41 Å². The fraction of sp³-hybridized carbons (Fsp3) is 0.818. The number of β-amino-alcohol motifs (C(OH)–C–C–N with tert-alkyl or cyclic N) is 2. The van der Waals surface area contributed by atoms with Crippen LogP contribution in [0.4, 0.5) is 0 Å². The van der Waals surface area contributed by atoms with Gasteiger partial charge in [0.15, 0.2) is 0 Å². The van der Waals surface area contributed by atoms with Crippen LogP contribution in [0.3, 0.4) is 0 Å². The summed E-state index contributed by atoms with van der Waals surface area (Å²) in [4.78, 5) is 13.6. The molecule has 0 aliphatic carbocycles. The first-order valence-electron chi connectivity index (χ1n) is 5.73. The van der Waals surface area contributed by atoms with Crippen molar-refractivity contribution in [2.45, 2.75) is 25.0 Å². The predicted octanol–water partition coefficient (Wildman–Crippen LogP) is -1.13. The van der Waals surface area contributed by atoms with Crippen molar-refractivity contribution in [2.24, 2.45) is 5.41 Å². The SMILES string of the molecule is N#CC1(C(=O)N2CC(O)C(O)C2)CCOCC1. The lowest BCUT2D eigenvalue weighted by Crippen LogP contribution is -2.45. The minimum absolute atomic E-state index is 0.101. The minimum Gasteiger partial charge on any atom is -0.388 e. The number of hydrogen-bond acceptors (Lipinski definition) is 5. The van der Waals surface area contributed by atoms with Crippen LogP contribution in [-0.4, -0.2) is 59.5 Å². The van der Waals surface area contributed by atoms with E-state index in [4.69, 9.17) is 4.74 Å². The lowest BCUT2D eigenvalue weighted by Gasteiger charge is -2.32. The van der Waals surface area contributed by atoms with Gasteiger partial charge in [0, 0.05) is 26.3 Å². The molecular formula is C11H16N2O4. The fourth-order valence-electron chi connectivity index (χ4n) is 2.33. The molecule has 2 fully saturated rings. The zero-order chi connectivity index (χ0) is 12.5. The van der Waals surface area contributed by atoms with Crippen LogP contribution in [0.25, 0.3) is 0 Å². The zero-order valence-corrected chi connectivity index (χ0v) is 9.50. The third-order valence-electron chi connectivity index (χ3n) is 3.52. The molecule has 2 heterocycles. The Morgan fingerprint density at radius 1 is 1.29 bits per heavy atom. The van der Waals surface area contributed by atoms with E-state index in [1.165, 1.54) is 4.90 Å². The topological polar surface area (TPSA) is 93.8 Å². The van der Waals surface area contributed by atoms with Crippen molar-refractivity contribution in [2.75, 3.05) is 26.3 Å². The van der Waals surface area contributed by atoms with Crippen LogP contribution in [0.1, 0.15) is 12.8 Å². The van der Waals surface area contributed by atoms with Gasteiger partial charge in [-0.2, -0.15) is 5.26 Å². The van der Waals surface area contributed by atoms with E-state index in [9.17, 15) is 20.3 Å². The summed E-state index contributed by atoms with van der Waals surface area (Å²) in [5, 5.41) is 28.1. The number of rotatable bonds is 1. The molecule has 1 amide bonds. The summed E-state index contributed by atoms with van der Waals surface area (Å²) in [7, 11) is 0. The maximum absolute atomic E-state index is 12.3. The number of hydrogen-bond donors (Lipinski definition) is 2. The molecule has 0 spiro atoms. The van der Waals surface area contributed by atoms with Gasteiger partial charge in [-0.25, -0.2) is 0 Å². The maximum atomic E-state index is 12.3. The summed E-state index contributed by atoms with van der Waals surface area (Å²) in [6.45, 7) is 1.01. The summed E-state index contributed by atoms with van der Waals surface area (Å²) in [6, 6.07) is 2.09. The van der Waals surface area contributed by atoms with Crippen LogP contribution in [-0.2, 0) is 9.53 Å². The second-order valence-corrected chi connectivity index (χ2v) is 4.65. The Hall–Kier alpha value is -1.16. The second-order valence-electron chi connectivity index (χ2n) is 4.65. The van der Waals surface area contributed by atoms with Crippen molar-refractivity contribution < 1.29 is 19.7 Å². The Bertz CT molecular complexity index is 336. The third-order valence-corrected chi connectivity index (χ3v) is 3.52. The van der Waals surface area contributed by atoms with Crippen LogP contribution in [0.15, 0.2) is 0 Å². The lowest BCUT2D eigenvalue weighted by atomic mass is 9.80. The lowest BCUT2D eigenvalue weighted by molar-refractivity contribution is -0.142. The number of aliphatic hydroxyl groups excluding tert-OH is 2. The largest absolute Gasteiger partial charge is 0.388 e. The Labute approximate surface area is 99.4 Å². The molecule has 0 bridgehead atoms. The highest BCUT2D eigenvalue weighted by Gasteiger charge is 2.46. The number of nitriles is 1. The molecule has 17 heavy (non-hydrogen) atoms. The van der Waals surface area contributed by atoms with Gasteiger partial charge in [-0.1, -0.05) is 0 Å². The van der Waals surface area contributed by atoms with Crippen molar-refractivity contribution in [1.29, 1.82) is 5.26 Å². The number of carbonyl (C=O) groups is 1. The van der Waals surface area contributed by atoms with Gasteiger partial charge in [-0.15, -0.1) is 0 Å². The molecule has 2 aliphatic rings. The van der Waals surface area contributed by atoms with E-state index in [-0.39, 0.29) is 19.0 Å². The minimum atomic E-state index is -1.04. The van der Waals surface area contributed by atoms with Gasteiger partial charge in [-0.3, -0.25) is 4.79 Å². The highest BCUT2D eigenvalue weighted by Crippen LogP contribution is 2.33. The molecule has 94 valence electrons. The van der Waals surface area contributed by atoms with Crippen molar-refractivity contribution >= 4 is 5.91 Å². The molecule has 6 nitrogen and oxygen atoms in total. The van der Waals surface area contributed by atoms with Crippen LogP contribution in [0.5, 0.6) is 0 Å². The number of nitrogens with zero attached hydrogens (tertiary/aromatic N) is 2. The molecule has 2 atom stereocenters. The molecule has 2 rings (SSSR count). The molecular weight excluding hydrogens is 224 g/mol. The third kappa shape index (κ3) is 2.14. The smallest absolute Gasteiger partial charge is 0.243 e. The van der Waals surface area contributed by atoms with Gasteiger partial charge in [-0.05, 0) is 12.8 Å². The number of carbonyl (C=O) groups excluding carboxylic acids is 1. The monoisotopic (exact) mass is 240 g/mol. The molecule has 2 saturated heterocycles. The Balaban J connectivity index is 2.11. The number of aliphatic hydroxyl groups is 2. The Kier molecular flexibility index (Phi) is 3.33. The number of likely N-dealkylation sites (tertiary alicyclic amines) is 1. The van der Waals surface area contributed by atoms with Crippen molar-refractivity contribution in [3.8, 4) is 6.07 Å². The molecule has 0 radical (unpaired) electrons. The summed E-state index contributed by atoms with van der Waals surface area (Å²) < 4.78 is 5.16. The van der Waals surface area contributed by atoms with Crippen LogP contribution < -0.4 is 0 Å². The van der Waals surface area contributed by atoms with E-state index < -0.39 is 17.6 Å². The van der Waals surface area contributed by atoms with Gasteiger partial charge in [0.25, 0.3) is 0 Å². The van der Waals surface area contributed by atoms with Crippen LogP contribution >= 0.6 is 0 Å². The van der Waals surface area contributed by atoms with E-state index in [1.807, 2.05) is 0 Å². The van der Waals surface area contributed by atoms with Crippen LogP contribution in [0.2, 0.25) is 0 Å². The number of amides is 1. The average Bonchev–Trinajstić information content (AvgIpc) is 2.69. The molecule has 0 aromatic heterocycles. The van der Waals surface area contributed by atoms with E-state index in [2.05, 4.69) is 6.07 Å². The molecule has 0 aromatic carbocycles. The van der Waals surface area contributed by atoms with E-state index in [0.717, 1.165) is 0 Å². The molecule has 2 N–H and O–H groups in total. The van der Waals surface area contributed by atoms with Crippen molar-refractivity contribution in [3.63, 3.8) is 0 Å². The summed E-state index contributed by atoms with van der Waals surface area (Å²) in [5.74, 6) is -0.293. The fourth-order valence-corrected chi connectivity index (χ4v) is 2.33. The standard InChI is InChI=1S/C11H16N2O4/c12-7-11(1-3-17-4-2-11)10(16)13-5-8(14)9(15)6-13/h8-9,14-15H,1-6H2. The van der Waals surface area contributed by atoms with E-state index >= 15 is 0 Å². The first-order chi connectivity index (χ1) is 8.09. The van der Waals surface area contributed by atoms with Gasteiger partial charge in [0.05, 0.1) is 18.3 Å². The maximum Gasteiger partial charge on any atom is 0.243 e. The highest BCUT2D eigenvalue weighted by atomic mass is 16.5. The molecule has 6 heteroatoms. The van der Waals surface area contributed by atoms with Crippen molar-refractivity contribution in [1.82, 2.24) is 4.90 Å². The van der Waals surface area contributed by atoms with Gasteiger partial charge < -0.3 is 19.8 Å². The average molecular weight is 240 g/mol. The molecule has 2 unspecified atom stereocenters. The molecule has 0 saturated carbocycles. The van der Waals surface area contributed by atoms with Gasteiger partial charge >= 0.3 is 0 Å². The second kappa shape index (κ2) is 4.61. The number of ether oxygens (including phenoxy) is 1. The summed E-state index contributed by atoms with van der Waals surface area (Å²) in [5.41, 5.74) is -1.04. The first kappa shape index (κ1) is 12.3. The Morgan fingerprint density at radius 3 is 2.29 bits per heavy atom. The normalized spacial score (nSPS) is 32.2. The first-order valence-corrected chi connectivity index (χ1v) is 5.73. The molecule has 0 aromatic rings. The Morgan fingerprint density at radius 2 is 1.82 bits per heavy atom. The van der Waals surface area contributed by atoms with E-state index in [0.29, 0.717) is 26.1 Å². The highest BCUT2D eigenvalue weighted by molar-refractivity contribution is 5.86.